The van der Waals surface area contributed by atoms with Gasteiger partial charge < -0.3 is 11.0 Å². The van der Waals surface area contributed by atoms with Crippen molar-refractivity contribution in [3.63, 3.8) is 0 Å². The molecule has 0 aromatic heterocycles. The van der Waals surface area contributed by atoms with E-state index in [1.165, 1.54) is 5.56 Å². The molecule has 0 spiro atoms. The van der Waals surface area contributed by atoms with E-state index in [4.69, 9.17) is 7.85 Å². The van der Waals surface area contributed by atoms with Crippen LogP contribution >= 0.6 is 0 Å². The quantitative estimate of drug-likeness (QED) is 0.641. The summed E-state index contributed by atoms with van der Waals surface area (Å²) in [6, 6.07) is 31.5. The summed E-state index contributed by atoms with van der Waals surface area (Å²) in [6.07, 6.45) is 0.976. The van der Waals surface area contributed by atoms with Crippen LogP contribution in [-0.2, 0) is 5.31 Å². The Morgan fingerprint density at radius 1 is 0.680 bits per heavy atom. The smallest absolute Gasteiger partial charge is 0.0883 e. The highest BCUT2D eigenvalue weighted by molar-refractivity contribution is 6.19. The lowest BCUT2D eigenvalue weighted by Gasteiger charge is -2.40. The summed E-state index contributed by atoms with van der Waals surface area (Å²) >= 11 is 0. The number of benzene rings is 3. The van der Waals surface area contributed by atoms with Gasteiger partial charge in [-0.3, -0.25) is 0 Å². The van der Waals surface area contributed by atoms with Gasteiger partial charge in [0, 0.05) is 0 Å². The van der Waals surface area contributed by atoms with Gasteiger partial charge in [0.25, 0.3) is 0 Å². The van der Waals surface area contributed by atoms with Crippen LogP contribution < -0.4 is 0 Å². The van der Waals surface area contributed by atoms with Crippen LogP contribution in [-0.4, -0.2) is 18.8 Å². The maximum Gasteiger partial charge on any atom is 0.0883 e. The van der Waals surface area contributed by atoms with Crippen molar-refractivity contribution in [2.75, 3.05) is 0 Å². The van der Waals surface area contributed by atoms with Gasteiger partial charge in [0.05, 0.1) is 7.85 Å². The predicted molar refractivity (Wildman–Crippen MR) is 106 cm³/mol. The summed E-state index contributed by atoms with van der Waals surface area (Å²) in [7, 11) is 7.13. The van der Waals surface area contributed by atoms with Gasteiger partial charge in [-0.2, -0.15) is 0 Å². The molecule has 0 aliphatic carbocycles. The van der Waals surface area contributed by atoms with Crippen molar-refractivity contribution in [2.24, 2.45) is 0 Å². The Morgan fingerprint density at radius 2 is 1.04 bits per heavy atom. The van der Waals surface area contributed by atoms with Crippen LogP contribution in [0.1, 0.15) is 36.0 Å². The van der Waals surface area contributed by atoms with Crippen LogP contribution in [0.25, 0.3) is 0 Å². The molecule has 3 aromatic carbocycles. The third-order valence-electron chi connectivity index (χ3n) is 4.66. The minimum atomic E-state index is -0.543. The summed E-state index contributed by atoms with van der Waals surface area (Å²) in [5.41, 5.74) is 3.59. The zero-order valence-electron chi connectivity index (χ0n) is 14.5. The second-order valence-electron chi connectivity index (χ2n) is 5.97. The van der Waals surface area contributed by atoms with E-state index in [0.29, 0.717) is 0 Å². The number of hydrogen-bond acceptors (Lipinski definition) is 0. The first-order valence-electron chi connectivity index (χ1n) is 8.21. The molecule has 0 heterocycles. The largest absolute Gasteiger partial charge is 0.412 e. The van der Waals surface area contributed by atoms with Crippen molar-refractivity contribution in [3.05, 3.63) is 108 Å². The lowest BCUT2D eigenvalue weighted by atomic mass is 9.51. The van der Waals surface area contributed by atoms with Crippen molar-refractivity contribution in [3.8, 4) is 0 Å². The van der Waals surface area contributed by atoms with Gasteiger partial charge in [-0.25, -0.2) is 0 Å². The average Bonchev–Trinajstić information content (AvgIpc) is 2.64. The first kappa shape index (κ1) is 20.7. The first-order valence-corrected chi connectivity index (χ1v) is 8.21. The fourth-order valence-electron chi connectivity index (χ4n) is 3.50. The Morgan fingerprint density at radius 3 is 1.40 bits per heavy atom. The van der Waals surface area contributed by atoms with Crippen molar-refractivity contribution in [1.82, 2.24) is 0 Å². The highest BCUT2D eigenvalue weighted by Gasteiger charge is 2.36. The molecule has 0 aliphatic heterocycles. The minimum absolute atomic E-state index is 0. The van der Waals surface area contributed by atoms with Gasteiger partial charge in [-0.1, -0.05) is 97.9 Å². The highest BCUT2D eigenvalue weighted by Crippen LogP contribution is 2.43. The standard InChI is InChI=1S/C22H21B.2H2O/c1-2-21(18-12-6-3-7-13-18)22(23,19-14-8-4-9-15-19)20-16-10-5-11-17-20;;/h3-17,21H,2H2,1H3;2*1H2. The Labute approximate surface area is 151 Å². The number of hydrogen-bond donors (Lipinski definition) is 0. The van der Waals surface area contributed by atoms with Crippen molar-refractivity contribution >= 4 is 7.85 Å². The maximum absolute atomic E-state index is 7.13. The molecule has 0 aliphatic rings. The van der Waals surface area contributed by atoms with Gasteiger partial charge >= 0.3 is 0 Å². The van der Waals surface area contributed by atoms with Crippen LogP contribution in [0, 0.1) is 0 Å². The van der Waals surface area contributed by atoms with Gasteiger partial charge in [0.15, 0.2) is 0 Å². The van der Waals surface area contributed by atoms with Gasteiger partial charge in [-0.15, -0.1) is 0 Å². The van der Waals surface area contributed by atoms with E-state index in [1.54, 1.807) is 0 Å². The molecule has 0 amide bonds. The summed E-state index contributed by atoms with van der Waals surface area (Å²) in [5.74, 6) is 0.216. The fraction of sp³-hybridized carbons (Fsp3) is 0.182. The minimum Gasteiger partial charge on any atom is -0.412 e. The van der Waals surface area contributed by atoms with Gasteiger partial charge in [0.1, 0.15) is 0 Å². The second-order valence-corrected chi connectivity index (χ2v) is 5.97. The molecule has 2 radical (unpaired) electrons. The molecular weight excluding hydrogens is 307 g/mol. The summed E-state index contributed by atoms with van der Waals surface area (Å²) in [6.45, 7) is 2.21. The van der Waals surface area contributed by atoms with Crippen molar-refractivity contribution < 1.29 is 11.0 Å². The van der Waals surface area contributed by atoms with Gasteiger partial charge in [-0.05, 0) is 34.3 Å². The van der Waals surface area contributed by atoms with E-state index >= 15 is 0 Å². The molecule has 3 aromatic rings. The fourth-order valence-corrected chi connectivity index (χ4v) is 3.50. The SMILES string of the molecule is O.O.[B]C(c1ccccc1)(c1ccccc1)C(CC)c1ccccc1. The van der Waals surface area contributed by atoms with E-state index in [-0.39, 0.29) is 16.9 Å². The molecule has 4 N–H and O–H groups in total. The normalized spacial score (nSPS) is 11.7. The molecule has 2 nitrogen and oxygen atoms in total. The molecule has 0 bridgehead atoms. The second kappa shape index (κ2) is 9.21. The van der Waals surface area contributed by atoms with E-state index < -0.39 is 5.31 Å². The summed E-state index contributed by atoms with van der Waals surface area (Å²) < 4.78 is 0. The monoisotopic (exact) mass is 332 g/mol. The molecule has 0 fully saturated rings. The Bertz CT molecular complexity index is 690. The molecule has 128 valence electrons. The van der Waals surface area contributed by atoms with Gasteiger partial charge in [0.2, 0.25) is 0 Å². The van der Waals surface area contributed by atoms with Crippen molar-refractivity contribution in [1.29, 1.82) is 0 Å². The lowest BCUT2D eigenvalue weighted by molar-refractivity contribution is 0.531. The Hall–Kier alpha value is -2.36. The van der Waals surface area contributed by atoms with E-state index in [1.807, 2.05) is 12.1 Å². The van der Waals surface area contributed by atoms with Crippen LogP contribution in [0.4, 0.5) is 0 Å². The lowest BCUT2D eigenvalue weighted by Crippen LogP contribution is -2.35. The zero-order valence-corrected chi connectivity index (χ0v) is 14.5. The summed E-state index contributed by atoms with van der Waals surface area (Å²) in [4.78, 5) is 0. The highest BCUT2D eigenvalue weighted by atomic mass is 16.0. The van der Waals surface area contributed by atoms with Crippen molar-refractivity contribution in [2.45, 2.75) is 24.6 Å². The van der Waals surface area contributed by atoms with Crippen LogP contribution in [0.15, 0.2) is 91.0 Å². The molecule has 0 saturated carbocycles. The molecule has 0 saturated heterocycles. The third-order valence-corrected chi connectivity index (χ3v) is 4.66. The van der Waals surface area contributed by atoms with Crippen LogP contribution in [0.5, 0.6) is 0 Å². The molecular formula is C22H25BO2. The molecule has 25 heavy (non-hydrogen) atoms. The van der Waals surface area contributed by atoms with E-state index in [9.17, 15) is 0 Å². The van der Waals surface area contributed by atoms with Crippen LogP contribution in [0.3, 0.4) is 0 Å². The molecule has 1 atom stereocenters. The topological polar surface area (TPSA) is 63.0 Å². The molecule has 3 heteroatoms. The zero-order chi connectivity index (χ0) is 16.1. The first-order chi connectivity index (χ1) is 11.3. The van der Waals surface area contributed by atoms with E-state index in [0.717, 1.165) is 17.5 Å². The summed E-state index contributed by atoms with van der Waals surface area (Å²) in [5, 5.41) is -0.543. The van der Waals surface area contributed by atoms with E-state index in [2.05, 4.69) is 85.8 Å². The predicted octanol–water partition coefficient (Wildman–Crippen LogP) is 3.64. The maximum atomic E-state index is 7.13. The number of rotatable bonds is 5. The molecule has 3 rings (SSSR count). The third kappa shape index (κ3) is 4.01. The Kier molecular flexibility index (Phi) is 7.62. The van der Waals surface area contributed by atoms with Crippen LogP contribution in [0.2, 0.25) is 0 Å². The average molecular weight is 332 g/mol. The molecule has 1 unspecified atom stereocenters. The Balaban J connectivity index is 0.00000156.